The minimum atomic E-state index is 0.0962. The summed E-state index contributed by atoms with van der Waals surface area (Å²) in [6, 6.07) is 23.2. The van der Waals surface area contributed by atoms with Gasteiger partial charge in [-0.15, -0.1) is 0 Å². The fourth-order valence-corrected chi connectivity index (χ4v) is 5.82. The summed E-state index contributed by atoms with van der Waals surface area (Å²) in [5, 5.41) is 6.89. The highest BCUT2D eigenvalue weighted by Gasteiger charge is 2.28. The summed E-state index contributed by atoms with van der Waals surface area (Å²) in [4.78, 5) is 21.1. The van der Waals surface area contributed by atoms with Gasteiger partial charge >= 0.3 is 0 Å². The summed E-state index contributed by atoms with van der Waals surface area (Å²) in [6.07, 6.45) is 8.45. The van der Waals surface area contributed by atoms with Crippen LogP contribution >= 0.6 is 0 Å². The topological polar surface area (TPSA) is 91.4 Å². The van der Waals surface area contributed by atoms with Crippen LogP contribution in [-0.2, 0) is 29.1 Å². The number of aromatic nitrogens is 5. The minimum Gasteiger partial charge on any atom is -0.370 e. The summed E-state index contributed by atoms with van der Waals surface area (Å²) in [7, 11) is 0. The SMILES string of the molecule is CC.CC.CC.CC.CC(C)(C)C1CCc2cccnc2N1.CC(C)(C)c1ccc2c(n1)NCCC2.CC(C)(C)c1ccccn1.CC(C)(C)c1nc2ccccc2[nH]1. The lowest BCUT2D eigenvalue weighted by molar-refractivity contribution is 0.320. The molecule has 7 heteroatoms. The lowest BCUT2D eigenvalue weighted by Gasteiger charge is -2.35. The number of aryl methyl sites for hydroxylation is 2. The van der Waals surface area contributed by atoms with Crippen LogP contribution in [-0.4, -0.2) is 37.5 Å². The molecule has 5 aromatic rings. The minimum absolute atomic E-state index is 0.0962. The third-order valence-corrected chi connectivity index (χ3v) is 9.15. The molecule has 2 aliphatic rings. The summed E-state index contributed by atoms with van der Waals surface area (Å²) < 4.78 is 0. The van der Waals surface area contributed by atoms with Crippen LogP contribution in [0.1, 0.15) is 180 Å². The second-order valence-corrected chi connectivity index (χ2v) is 17.9. The zero-order valence-electron chi connectivity index (χ0n) is 41.4. The number of benzene rings is 1. The Labute approximate surface area is 362 Å². The monoisotopic (exact) mass is 810 g/mol. The lowest BCUT2D eigenvalue weighted by atomic mass is 9.81. The molecule has 59 heavy (non-hydrogen) atoms. The van der Waals surface area contributed by atoms with E-state index in [0.717, 1.165) is 47.2 Å². The molecule has 0 aliphatic carbocycles. The molecule has 1 aromatic carbocycles. The van der Waals surface area contributed by atoms with Crippen molar-refractivity contribution < 1.29 is 0 Å². The number of aromatic amines is 1. The maximum atomic E-state index is 4.67. The average molecular weight is 810 g/mol. The number of pyridine rings is 3. The molecule has 1 unspecified atom stereocenters. The van der Waals surface area contributed by atoms with Crippen molar-refractivity contribution in [3.8, 4) is 0 Å². The van der Waals surface area contributed by atoms with E-state index < -0.39 is 0 Å². The van der Waals surface area contributed by atoms with E-state index in [0.29, 0.717) is 11.5 Å². The van der Waals surface area contributed by atoms with Crippen molar-refractivity contribution in [2.45, 2.75) is 186 Å². The summed E-state index contributed by atoms with van der Waals surface area (Å²) >= 11 is 0. The number of H-pyrrole nitrogens is 1. The molecule has 0 radical (unpaired) electrons. The zero-order chi connectivity index (χ0) is 45.5. The van der Waals surface area contributed by atoms with E-state index in [1.165, 1.54) is 36.1 Å². The molecule has 7 rings (SSSR count). The first-order chi connectivity index (χ1) is 27.8. The van der Waals surface area contributed by atoms with Crippen molar-refractivity contribution >= 4 is 22.7 Å². The Balaban J connectivity index is 0.000000722. The smallest absolute Gasteiger partial charge is 0.129 e. The van der Waals surface area contributed by atoms with E-state index in [1.54, 1.807) is 0 Å². The maximum Gasteiger partial charge on any atom is 0.129 e. The van der Waals surface area contributed by atoms with Crippen molar-refractivity contribution in [2.75, 3.05) is 17.2 Å². The number of imidazole rings is 1. The summed E-state index contributed by atoms with van der Waals surface area (Å²) in [5.74, 6) is 3.23. The van der Waals surface area contributed by atoms with Gasteiger partial charge in [0.25, 0.3) is 0 Å². The Morgan fingerprint density at radius 3 is 1.63 bits per heavy atom. The van der Waals surface area contributed by atoms with Crippen LogP contribution in [0.5, 0.6) is 0 Å². The lowest BCUT2D eigenvalue weighted by Crippen LogP contribution is -2.37. The molecular formula is C52H87N7. The predicted molar refractivity (Wildman–Crippen MR) is 262 cm³/mol. The third-order valence-electron chi connectivity index (χ3n) is 9.15. The first-order valence-electron chi connectivity index (χ1n) is 22.6. The van der Waals surface area contributed by atoms with E-state index in [1.807, 2.05) is 104 Å². The quantitative estimate of drug-likeness (QED) is 0.144. The Morgan fingerprint density at radius 1 is 0.525 bits per heavy atom. The van der Waals surface area contributed by atoms with Gasteiger partial charge in [0, 0.05) is 52.6 Å². The standard InChI is InChI=1S/2C12H18N2.C11H14N2.C9H13N.4C2H6/c2*1-12(2,3)10-7-6-9-5-4-8-13-11(9)14-10;1-11(2,3)10-12-8-6-4-5-7-9(8)13-10;1-9(2,3)8-6-4-5-7-10-8;4*1-2/h6-7H,4-5,8H2,1-3H3,(H,13,14);4-5,8,10H,6-7H2,1-3H3,(H,13,14);4-7H,1-3H3,(H,12,13);4-7H,1-3H3;4*1-2H3. The van der Waals surface area contributed by atoms with Gasteiger partial charge in [0.05, 0.1) is 11.0 Å². The largest absolute Gasteiger partial charge is 0.370 e. The van der Waals surface area contributed by atoms with E-state index in [2.05, 4.69) is 149 Å². The van der Waals surface area contributed by atoms with Crippen molar-refractivity contribution in [1.82, 2.24) is 24.9 Å². The molecule has 330 valence electrons. The Morgan fingerprint density at radius 2 is 1.10 bits per heavy atom. The molecule has 0 fully saturated rings. The Hall–Kier alpha value is -4.26. The highest BCUT2D eigenvalue weighted by molar-refractivity contribution is 5.74. The molecule has 3 N–H and O–H groups in total. The van der Waals surface area contributed by atoms with Gasteiger partial charge < -0.3 is 15.6 Å². The van der Waals surface area contributed by atoms with Gasteiger partial charge in [0.1, 0.15) is 17.5 Å². The van der Waals surface area contributed by atoms with Gasteiger partial charge in [0.15, 0.2) is 0 Å². The van der Waals surface area contributed by atoms with Crippen molar-refractivity contribution in [3.05, 3.63) is 107 Å². The fraction of sp³-hybridized carbons (Fsp3) is 0.577. The number of rotatable bonds is 0. The normalized spacial score (nSPS) is 13.9. The Bertz CT molecular complexity index is 1780. The second kappa shape index (κ2) is 26.8. The van der Waals surface area contributed by atoms with Crippen molar-refractivity contribution in [3.63, 3.8) is 0 Å². The highest BCUT2D eigenvalue weighted by atomic mass is 15.0. The molecule has 2 aliphatic heterocycles. The molecule has 0 amide bonds. The highest BCUT2D eigenvalue weighted by Crippen LogP contribution is 2.32. The van der Waals surface area contributed by atoms with Crippen LogP contribution in [0.4, 0.5) is 11.6 Å². The number of para-hydroxylation sites is 2. The molecular weight excluding hydrogens is 723 g/mol. The zero-order valence-corrected chi connectivity index (χ0v) is 41.4. The molecule has 1 atom stereocenters. The van der Waals surface area contributed by atoms with Gasteiger partial charge in [-0.2, -0.15) is 0 Å². The second-order valence-electron chi connectivity index (χ2n) is 17.9. The van der Waals surface area contributed by atoms with Crippen molar-refractivity contribution in [2.24, 2.45) is 5.41 Å². The van der Waals surface area contributed by atoms with Gasteiger partial charge in [-0.25, -0.2) is 15.0 Å². The van der Waals surface area contributed by atoms with Crippen LogP contribution in [0.2, 0.25) is 0 Å². The van der Waals surface area contributed by atoms with E-state index in [9.17, 15) is 0 Å². The Kier molecular flexibility index (Phi) is 24.8. The molecule has 0 bridgehead atoms. The molecule has 7 nitrogen and oxygen atoms in total. The van der Waals surface area contributed by atoms with Gasteiger partial charge in [-0.3, -0.25) is 4.98 Å². The van der Waals surface area contributed by atoms with Crippen molar-refractivity contribution in [1.29, 1.82) is 0 Å². The number of hydrogen-bond donors (Lipinski definition) is 3. The molecule has 6 heterocycles. The first-order valence-corrected chi connectivity index (χ1v) is 22.6. The fourth-order valence-electron chi connectivity index (χ4n) is 5.82. The number of nitrogens with zero attached hydrogens (tertiary/aromatic N) is 4. The summed E-state index contributed by atoms with van der Waals surface area (Å²) in [5.41, 5.74) is 7.95. The van der Waals surface area contributed by atoms with Gasteiger partial charge in [0.2, 0.25) is 0 Å². The molecule has 4 aromatic heterocycles. The maximum absolute atomic E-state index is 4.67. The van der Waals surface area contributed by atoms with Crippen LogP contribution in [0.15, 0.2) is 79.1 Å². The van der Waals surface area contributed by atoms with Crippen LogP contribution in [0.25, 0.3) is 11.0 Å². The van der Waals surface area contributed by atoms with E-state index in [4.69, 9.17) is 0 Å². The number of hydrogen-bond acceptors (Lipinski definition) is 6. The van der Waals surface area contributed by atoms with Crippen LogP contribution in [0, 0.1) is 5.41 Å². The average Bonchev–Trinajstić information content (AvgIpc) is 3.69. The molecule has 0 saturated heterocycles. The number of nitrogens with one attached hydrogen (secondary N) is 3. The van der Waals surface area contributed by atoms with E-state index in [-0.39, 0.29) is 16.2 Å². The van der Waals surface area contributed by atoms with E-state index >= 15 is 0 Å². The molecule has 0 spiro atoms. The van der Waals surface area contributed by atoms with Crippen LogP contribution < -0.4 is 10.6 Å². The number of anilines is 2. The summed E-state index contributed by atoms with van der Waals surface area (Å²) in [6.45, 7) is 43.4. The van der Waals surface area contributed by atoms with Gasteiger partial charge in [-0.1, -0.05) is 169 Å². The first kappa shape index (κ1) is 54.7. The third kappa shape index (κ3) is 19.1. The number of fused-ring (bicyclic) bond motifs is 3. The predicted octanol–water partition coefficient (Wildman–Crippen LogP) is 14.9. The molecule has 0 saturated carbocycles. The van der Waals surface area contributed by atoms with Gasteiger partial charge in [-0.05, 0) is 78.6 Å². The van der Waals surface area contributed by atoms with Crippen LogP contribution in [0.3, 0.4) is 0 Å².